The number of nitrogens with zero attached hydrogens (tertiary/aromatic N) is 1. The second-order valence-electron chi connectivity index (χ2n) is 20.7. The number of carboxylic acid groups (broad SMARTS) is 1. The Morgan fingerprint density at radius 1 is 0.520 bits per heavy atom. The fourth-order valence-corrected chi connectivity index (χ4v) is 10.6. The van der Waals surface area contributed by atoms with Gasteiger partial charge in [0.1, 0.15) is 26.4 Å². The second-order valence-corrected chi connectivity index (χ2v) is 20.7. The van der Waals surface area contributed by atoms with Gasteiger partial charge in [0.25, 0.3) is 0 Å². The number of hydrogen-bond donors (Lipinski definition) is 2. The number of carbonyl (C=O) groups excluding carboxylic acids is 4. The number of benzene rings is 6. The third-order valence-corrected chi connectivity index (χ3v) is 13.8. The molecule has 11 nitrogen and oxygen atoms in total. The van der Waals surface area contributed by atoms with Crippen LogP contribution in [0.2, 0.25) is 0 Å². The van der Waals surface area contributed by atoms with Crippen molar-refractivity contribution in [2.75, 3.05) is 39.4 Å². The minimum atomic E-state index is -1.06. The highest BCUT2D eigenvalue weighted by Gasteiger charge is 2.32. The van der Waals surface area contributed by atoms with Crippen LogP contribution in [0.25, 0.3) is 22.3 Å². The molecule has 0 saturated carbocycles. The number of fused-ring (bicyclic) bond motifs is 6. The second kappa shape index (κ2) is 27.8. The van der Waals surface area contributed by atoms with Gasteiger partial charge in [0, 0.05) is 31.2 Å². The first-order chi connectivity index (χ1) is 36.3. The Morgan fingerprint density at radius 2 is 0.933 bits per heavy atom. The van der Waals surface area contributed by atoms with Gasteiger partial charge >= 0.3 is 23.9 Å². The maximum atomic E-state index is 13.1. The quantitative estimate of drug-likeness (QED) is 0.0419. The lowest BCUT2D eigenvalue weighted by molar-refractivity contribution is -0.147. The highest BCUT2D eigenvalue weighted by Crippen LogP contribution is 2.46. The largest absolute Gasteiger partial charge is 0.480 e. The van der Waals surface area contributed by atoms with E-state index in [9.17, 15) is 29.1 Å². The number of amides is 1. The molecule has 6 aromatic rings. The third kappa shape index (κ3) is 16.3. The molecule has 8 rings (SSSR count). The van der Waals surface area contributed by atoms with Crippen molar-refractivity contribution in [3.8, 4) is 22.3 Å². The number of aryl methyl sites for hydroxylation is 1. The molecule has 2 aliphatic carbocycles. The third-order valence-electron chi connectivity index (χ3n) is 13.8. The van der Waals surface area contributed by atoms with Gasteiger partial charge in [0.05, 0.1) is 13.0 Å². The van der Waals surface area contributed by atoms with E-state index in [4.69, 9.17) is 14.2 Å². The van der Waals surface area contributed by atoms with Crippen LogP contribution in [-0.2, 0) is 51.2 Å². The Balaban J connectivity index is 0.000000219. The molecular weight excluding hydrogens is 941 g/mol. The molecule has 0 bridgehead atoms. The van der Waals surface area contributed by atoms with Gasteiger partial charge in [0.2, 0.25) is 5.91 Å². The summed E-state index contributed by atoms with van der Waals surface area (Å²) in [5.74, 6) is -1.46. The SMILES string of the molecule is CC(C)C[C@@H](CNCC(=O)OCc1ccccc1)CC(=O)OCC1c2ccccc2-c2ccccc21.CC(C)C[C@H](CC(=O)OCC1c2ccccc2-c2ccccc21)CN(CC(=O)O)C(=O)CCc1ccccc1. The number of hydrogen-bond acceptors (Lipinski definition) is 9. The number of esters is 3. The van der Waals surface area contributed by atoms with Gasteiger partial charge in [-0.15, -0.1) is 0 Å². The molecule has 0 radical (unpaired) electrons. The van der Waals surface area contributed by atoms with E-state index in [1.54, 1.807) is 0 Å². The smallest absolute Gasteiger partial charge is 0.323 e. The first kappa shape index (κ1) is 55.4. The monoisotopic (exact) mass is 1010 g/mol. The zero-order chi connectivity index (χ0) is 53.1. The Hall–Kier alpha value is -7.37. The zero-order valence-corrected chi connectivity index (χ0v) is 43.8. The minimum absolute atomic E-state index is 0.0204. The summed E-state index contributed by atoms with van der Waals surface area (Å²) < 4.78 is 17.0. The van der Waals surface area contributed by atoms with Gasteiger partial charge in [-0.1, -0.05) is 185 Å². The summed E-state index contributed by atoms with van der Waals surface area (Å²) in [5.41, 5.74) is 11.5. The van der Waals surface area contributed by atoms with E-state index in [1.807, 2.05) is 109 Å². The van der Waals surface area contributed by atoms with Crippen LogP contribution in [0.15, 0.2) is 158 Å². The van der Waals surface area contributed by atoms with Gasteiger partial charge in [-0.3, -0.25) is 24.0 Å². The fraction of sp³-hybridized carbons (Fsp3) is 0.359. The Kier molecular flexibility index (Phi) is 20.5. The normalized spacial score (nSPS) is 13.1. The maximum Gasteiger partial charge on any atom is 0.323 e. The first-order valence-electron chi connectivity index (χ1n) is 26.4. The van der Waals surface area contributed by atoms with E-state index in [0.29, 0.717) is 38.3 Å². The topological polar surface area (TPSA) is 149 Å². The van der Waals surface area contributed by atoms with Crippen LogP contribution in [0.1, 0.15) is 105 Å². The maximum absolute atomic E-state index is 13.1. The van der Waals surface area contributed by atoms with Crippen molar-refractivity contribution in [2.24, 2.45) is 23.7 Å². The molecule has 0 aliphatic heterocycles. The van der Waals surface area contributed by atoms with Gasteiger partial charge in [-0.2, -0.15) is 0 Å². The van der Waals surface area contributed by atoms with Crippen molar-refractivity contribution in [3.05, 3.63) is 191 Å². The van der Waals surface area contributed by atoms with Crippen molar-refractivity contribution in [1.29, 1.82) is 0 Å². The van der Waals surface area contributed by atoms with E-state index in [2.05, 4.69) is 81.5 Å². The molecule has 1 amide bonds. The summed E-state index contributed by atoms with van der Waals surface area (Å²) in [5, 5.41) is 12.6. The summed E-state index contributed by atoms with van der Waals surface area (Å²) >= 11 is 0. The van der Waals surface area contributed by atoms with E-state index < -0.39 is 5.97 Å². The number of nitrogens with one attached hydrogen (secondary N) is 1. The highest BCUT2D eigenvalue weighted by molar-refractivity contribution is 5.82. The summed E-state index contributed by atoms with van der Waals surface area (Å²) in [4.78, 5) is 64.0. The number of aliphatic carboxylic acids is 1. The predicted molar refractivity (Wildman–Crippen MR) is 293 cm³/mol. The van der Waals surface area contributed by atoms with Crippen LogP contribution in [0.5, 0.6) is 0 Å². The molecule has 0 saturated heterocycles. The molecule has 2 N–H and O–H groups in total. The Labute approximate surface area is 442 Å². The van der Waals surface area contributed by atoms with Crippen molar-refractivity contribution in [1.82, 2.24) is 10.2 Å². The lowest BCUT2D eigenvalue weighted by Crippen LogP contribution is -2.40. The lowest BCUT2D eigenvalue weighted by atomic mass is 9.93. The Morgan fingerprint density at radius 3 is 1.39 bits per heavy atom. The van der Waals surface area contributed by atoms with Crippen LogP contribution >= 0.6 is 0 Å². The zero-order valence-electron chi connectivity index (χ0n) is 43.8. The molecule has 0 spiro atoms. The van der Waals surface area contributed by atoms with E-state index in [0.717, 1.165) is 28.7 Å². The molecule has 6 aromatic carbocycles. The molecule has 0 heterocycles. The summed E-state index contributed by atoms with van der Waals surface area (Å²) in [6.07, 6.45) is 2.77. The number of carbonyl (C=O) groups is 5. The average molecular weight is 1010 g/mol. The van der Waals surface area contributed by atoms with Gasteiger partial charge in [-0.25, -0.2) is 0 Å². The van der Waals surface area contributed by atoms with Crippen molar-refractivity contribution < 1.29 is 43.3 Å². The van der Waals surface area contributed by atoms with E-state index >= 15 is 0 Å². The standard InChI is InChI=1S/C33H37NO5.C31H35NO4/c1-23(2)18-25(20-34(21-32(36)37)31(35)17-16-24-10-4-3-5-11-24)19-33(38)39-22-30-28-14-8-6-12-26(28)27-13-7-9-15-29(27)30;1-22(2)16-24(18-32-19-31(34)35-20-23-10-4-3-5-11-23)17-30(33)36-21-29-27-14-8-6-12-25(27)26-13-7-9-15-28(26)29/h3-15,23,25,30H,16-22H2,1-2H3,(H,36,37);3-15,22,24,29,32H,16-21H2,1-2H3/t25-;24-/m11/s1. The van der Waals surface area contributed by atoms with Crippen LogP contribution in [-0.4, -0.2) is 79.2 Å². The molecule has 11 heteroatoms. The van der Waals surface area contributed by atoms with Crippen molar-refractivity contribution >= 4 is 29.8 Å². The fourth-order valence-electron chi connectivity index (χ4n) is 10.6. The molecular formula is C64H72N2O9. The molecule has 2 atom stereocenters. The number of carboxylic acids is 1. The molecule has 0 aromatic heterocycles. The van der Waals surface area contributed by atoms with Crippen LogP contribution in [0.4, 0.5) is 0 Å². The molecule has 2 aliphatic rings. The predicted octanol–water partition coefficient (Wildman–Crippen LogP) is 11.7. The van der Waals surface area contributed by atoms with E-state index in [1.165, 1.54) is 38.3 Å². The first-order valence-corrected chi connectivity index (χ1v) is 26.4. The van der Waals surface area contributed by atoms with Crippen LogP contribution in [0.3, 0.4) is 0 Å². The molecule has 0 unspecified atom stereocenters. The summed E-state index contributed by atoms with van der Waals surface area (Å²) in [7, 11) is 0. The van der Waals surface area contributed by atoms with Crippen molar-refractivity contribution in [2.45, 2.75) is 84.7 Å². The molecule has 392 valence electrons. The summed E-state index contributed by atoms with van der Waals surface area (Å²) in [6, 6.07) is 52.3. The van der Waals surface area contributed by atoms with E-state index in [-0.39, 0.29) is 99.1 Å². The van der Waals surface area contributed by atoms with Crippen molar-refractivity contribution in [3.63, 3.8) is 0 Å². The molecule has 75 heavy (non-hydrogen) atoms. The lowest BCUT2D eigenvalue weighted by Gasteiger charge is -2.27. The van der Waals surface area contributed by atoms with Gasteiger partial charge in [-0.05, 0) is 105 Å². The van der Waals surface area contributed by atoms with Crippen LogP contribution < -0.4 is 5.32 Å². The highest BCUT2D eigenvalue weighted by atomic mass is 16.5. The van der Waals surface area contributed by atoms with Gasteiger partial charge < -0.3 is 29.5 Å². The summed E-state index contributed by atoms with van der Waals surface area (Å²) in [6.45, 7) is 9.74. The number of ether oxygens (including phenoxy) is 3. The minimum Gasteiger partial charge on any atom is -0.480 e. The molecule has 0 fully saturated rings. The van der Waals surface area contributed by atoms with Crippen LogP contribution in [0, 0.1) is 23.7 Å². The average Bonchev–Trinajstić information content (AvgIpc) is 3.91. The number of rotatable bonds is 25. The van der Waals surface area contributed by atoms with Gasteiger partial charge in [0.15, 0.2) is 0 Å². The Bertz CT molecular complexity index is 2740.